The first-order chi connectivity index (χ1) is 15.4. The fraction of sp³-hybridized carbons (Fsp3) is 0.231. The van der Waals surface area contributed by atoms with Crippen LogP contribution in [0.15, 0.2) is 82.6 Å². The van der Waals surface area contributed by atoms with E-state index < -0.39 is 17.2 Å². The minimum Gasteiger partial charge on any atom is -0.461 e. The Morgan fingerprint density at radius 2 is 1.56 bits per heavy atom. The first kappa shape index (κ1) is 22.4. The van der Waals surface area contributed by atoms with Gasteiger partial charge in [-0.25, -0.2) is 8.78 Å². The first-order valence-corrected chi connectivity index (χ1v) is 11.3. The largest absolute Gasteiger partial charge is 0.461 e. The van der Waals surface area contributed by atoms with Crippen LogP contribution in [0, 0.1) is 11.6 Å². The molecule has 0 aliphatic heterocycles. The molecule has 0 bridgehead atoms. The van der Waals surface area contributed by atoms with Gasteiger partial charge in [0, 0.05) is 17.5 Å². The Morgan fingerprint density at radius 3 is 2.09 bits per heavy atom. The topological polar surface area (TPSA) is 36.6 Å². The van der Waals surface area contributed by atoms with E-state index in [0.717, 1.165) is 6.54 Å². The molecule has 0 fully saturated rings. The van der Waals surface area contributed by atoms with Gasteiger partial charge in [0.15, 0.2) is 5.60 Å². The summed E-state index contributed by atoms with van der Waals surface area (Å²) in [5, 5.41) is 13.9. The molecule has 4 aromatic rings. The van der Waals surface area contributed by atoms with E-state index in [-0.39, 0.29) is 22.9 Å². The van der Waals surface area contributed by atoms with Gasteiger partial charge in [0.2, 0.25) is 0 Å². The lowest BCUT2D eigenvalue weighted by atomic mass is 9.84. The number of hydrogen-bond acceptors (Lipinski definition) is 4. The molecule has 0 atom stereocenters. The van der Waals surface area contributed by atoms with Crippen molar-refractivity contribution in [1.29, 1.82) is 0 Å². The summed E-state index contributed by atoms with van der Waals surface area (Å²) in [6.45, 7) is 5.56. The molecule has 2 aromatic heterocycles. The van der Waals surface area contributed by atoms with E-state index in [9.17, 15) is 13.9 Å². The monoisotopic (exact) mass is 453 g/mol. The maximum Gasteiger partial charge on any atom is 0.173 e. The lowest BCUT2D eigenvalue weighted by molar-refractivity contribution is 0.0935. The van der Waals surface area contributed by atoms with Gasteiger partial charge in [0.25, 0.3) is 0 Å². The zero-order valence-corrected chi connectivity index (χ0v) is 18.8. The van der Waals surface area contributed by atoms with Crippen LogP contribution < -0.4 is 0 Å². The third kappa shape index (κ3) is 4.67. The summed E-state index contributed by atoms with van der Waals surface area (Å²) in [6, 6.07) is 19.2. The molecule has 0 radical (unpaired) electrons. The molecule has 166 valence electrons. The normalized spacial score (nSPS) is 12.1. The Kier molecular flexibility index (Phi) is 6.55. The van der Waals surface area contributed by atoms with Crippen molar-refractivity contribution in [3.05, 3.63) is 117 Å². The average molecular weight is 454 g/mol. The van der Waals surface area contributed by atoms with Gasteiger partial charge >= 0.3 is 0 Å². The minimum atomic E-state index is -1.83. The average Bonchev–Trinajstić information content (AvgIpc) is 3.45. The van der Waals surface area contributed by atoms with Crippen molar-refractivity contribution in [3.8, 4) is 0 Å². The third-order valence-corrected chi connectivity index (χ3v) is 6.39. The van der Waals surface area contributed by atoms with E-state index in [1.807, 2.05) is 12.1 Å². The Balaban J connectivity index is 1.70. The molecule has 0 aliphatic carbocycles. The van der Waals surface area contributed by atoms with Crippen LogP contribution in [-0.2, 0) is 18.7 Å². The number of halogens is 2. The Bertz CT molecular complexity index is 1120. The molecular formula is C26H25F2NO2S. The summed E-state index contributed by atoms with van der Waals surface area (Å²) >= 11 is 1.70. The number of nitrogens with zero attached hydrogens (tertiary/aromatic N) is 1. The van der Waals surface area contributed by atoms with Crippen molar-refractivity contribution in [2.24, 2.45) is 0 Å². The molecule has 0 saturated carbocycles. The summed E-state index contributed by atoms with van der Waals surface area (Å²) in [6.07, 6.45) is 0. The van der Waals surface area contributed by atoms with Crippen LogP contribution in [0.2, 0.25) is 0 Å². The molecular weight excluding hydrogens is 428 g/mol. The molecule has 4 rings (SSSR count). The SMILES string of the molecule is CC(C)N(Cc1ccc(C(O)(c2cccc(F)c2)c2cccc(F)c2)o1)Cc1cccs1. The van der Waals surface area contributed by atoms with Crippen molar-refractivity contribution in [2.75, 3.05) is 0 Å². The fourth-order valence-corrected chi connectivity index (χ4v) is 4.49. The van der Waals surface area contributed by atoms with E-state index in [4.69, 9.17) is 4.42 Å². The molecule has 0 saturated heterocycles. The molecule has 1 N–H and O–H groups in total. The number of aliphatic hydroxyl groups is 1. The smallest absolute Gasteiger partial charge is 0.173 e. The zero-order chi connectivity index (χ0) is 22.7. The van der Waals surface area contributed by atoms with Gasteiger partial charge in [-0.2, -0.15) is 0 Å². The number of hydrogen-bond donors (Lipinski definition) is 1. The number of rotatable bonds is 8. The highest BCUT2D eigenvalue weighted by molar-refractivity contribution is 7.09. The van der Waals surface area contributed by atoms with Crippen molar-refractivity contribution >= 4 is 11.3 Å². The summed E-state index contributed by atoms with van der Waals surface area (Å²) in [4.78, 5) is 3.51. The van der Waals surface area contributed by atoms with Crippen LogP contribution in [0.1, 0.15) is 41.4 Å². The van der Waals surface area contributed by atoms with Gasteiger partial charge < -0.3 is 9.52 Å². The second kappa shape index (κ2) is 9.36. The van der Waals surface area contributed by atoms with Gasteiger partial charge in [0.1, 0.15) is 23.2 Å². The highest BCUT2D eigenvalue weighted by Crippen LogP contribution is 2.38. The lowest BCUT2D eigenvalue weighted by Crippen LogP contribution is -2.30. The Hall–Kier alpha value is -2.80. The second-order valence-electron chi connectivity index (χ2n) is 8.08. The van der Waals surface area contributed by atoms with Crippen molar-refractivity contribution in [3.63, 3.8) is 0 Å². The first-order valence-electron chi connectivity index (χ1n) is 10.5. The van der Waals surface area contributed by atoms with Crippen LogP contribution in [-0.4, -0.2) is 16.0 Å². The maximum absolute atomic E-state index is 14.0. The van der Waals surface area contributed by atoms with Crippen LogP contribution >= 0.6 is 11.3 Å². The molecule has 32 heavy (non-hydrogen) atoms. The van der Waals surface area contributed by atoms with Crippen molar-refractivity contribution < 1.29 is 18.3 Å². The third-order valence-electron chi connectivity index (χ3n) is 5.53. The van der Waals surface area contributed by atoms with E-state index in [0.29, 0.717) is 12.3 Å². The van der Waals surface area contributed by atoms with E-state index in [2.05, 4.69) is 30.2 Å². The van der Waals surface area contributed by atoms with Gasteiger partial charge in [-0.3, -0.25) is 4.90 Å². The summed E-state index contributed by atoms with van der Waals surface area (Å²) in [5.74, 6) is -0.114. The van der Waals surface area contributed by atoms with Crippen LogP contribution in [0.5, 0.6) is 0 Å². The van der Waals surface area contributed by atoms with Crippen LogP contribution in [0.25, 0.3) is 0 Å². The molecule has 3 nitrogen and oxygen atoms in total. The molecule has 0 amide bonds. The molecule has 6 heteroatoms. The maximum atomic E-state index is 14.0. The molecule has 0 spiro atoms. The van der Waals surface area contributed by atoms with Crippen molar-refractivity contribution in [2.45, 2.75) is 38.6 Å². The van der Waals surface area contributed by atoms with Gasteiger partial charge in [-0.1, -0.05) is 30.3 Å². The molecule has 0 aliphatic rings. The molecule has 2 heterocycles. The van der Waals surface area contributed by atoms with E-state index >= 15 is 0 Å². The minimum absolute atomic E-state index is 0.212. The Morgan fingerprint density at radius 1 is 0.906 bits per heavy atom. The highest BCUT2D eigenvalue weighted by atomic mass is 32.1. The highest BCUT2D eigenvalue weighted by Gasteiger charge is 2.38. The predicted octanol–water partition coefficient (Wildman–Crippen LogP) is 6.31. The van der Waals surface area contributed by atoms with Gasteiger partial charge in [-0.15, -0.1) is 11.3 Å². The summed E-state index contributed by atoms with van der Waals surface area (Å²) < 4.78 is 34.2. The fourth-order valence-electron chi connectivity index (χ4n) is 3.76. The zero-order valence-electron chi connectivity index (χ0n) is 18.0. The summed E-state index contributed by atoms with van der Waals surface area (Å²) in [7, 11) is 0. The Labute approximate surface area is 190 Å². The van der Waals surface area contributed by atoms with Crippen LogP contribution in [0.3, 0.4) is 0 Å². The standard InChI is InChI=1S/C26H25F2NO2S/c1-18(2)29(17-24-10-5-13-32-24)16-23-11-12-25(31-23)26(30,19-6-3-8-21(27)14-19)20-7-4-9-22(28)15-20/h3-15,18,30H,16-17H2,1-2H3. The predicted molar refractivity (Wildman–Crippen MR) is 122 cm³/mol. The lowest BCUT2D eigenvalue weighted by Gasteiger charge is -2.28. The second-order valence-corrected chi connectivity index (χ2v) is 9.11. The molecule has 0 unspecified atom stereocenters. The number of furan rings is 1. The van der Waals surface area contributed by atoms with Gasteiger partial charge in [0.05, 0.1) is 6.54 Å². The van der Waals surface area contributed by atoms with Gasteiger partial charge in [-0.05, 0) is 72.8 Å². The van der Waals surface area contributed by atoms with Crippen molar-refractivity contribution in [1.82, 2.24) is 4.90 Å². The number of benzene rings is 2. The van der Waals surface area contributed by atoms with E-state index in [1.165, 1.54) is 41.3 Å². The molecule has 2 aromatic carbocycles. The number of thiophene rings is 1. The van der Waals surface area contributed by atoms with E-state index in [1.54, 1.807) is 29.5 Å². The van der Waals surface area contributed by atoms with Crippen LogP contribution in [0.4, 0.5) is 8.78 Å². The quantitative estimate of drug-likeness (QED) is 0.339. The summed E-state index contributed by atoms with van der Waals surface area (Å²) in [5.41, 5.74) is -1.30.